The van der Waals surface area contributed by atoms with Crippen molar-refractivity contribution < 1.29 is 19.2 Å². The molecule has 0 aliphatic rings. The van der Waals surface area contributed by atoms with E-state index in [0.29, 0.717) is 11.3 Å². The van der Waals surface area contributed by atoms with E-state index in [2.05, 4.69) is 0 Å². The molecule has 6 heteroatoms. The van der Waals surface area contributed by atoms with Gasteiger partial charge in [-0.2, -0.15) is 0 Å². The maximum atomic E-state index is 11.8. The molecule has 0 aromatic heterocycles. The van der Waals surface area contributed by atoms with E-state index in [1.807, 2.05) is 6.07 Å². The van der Waals surface area contributed by atoms with Gasteiger partial charge in [-0.3, -0.25) is 14.9 Å². The molecule has 0 bridgehead atoms. The van der Waals surface area contributed by atoms with E-state index in [-0.39, 0.29) is 11.4 Å². The van der Waals surface area contributed by atoms with Crippen LogP contribution in [0.5, 0.6) is 11.5 Å². The highest BCUT2D eigenvalue weighted by atomic mass is 16.6. The van der Waals surface area contributed by atoms with E-state index in [0.717, 1.165) is 0 Å². The summed E-state index contributed by atoms with van der Waals surface area (Å²) in [5.74, 6) is -0.659. The van der Waals surface area contributed by atoms with E-state index in [4.69, 9.17) is 9.47 Å². The van der Waals surface area contributed by atoms with Crippen LogP contribution in [0.4, 0.5) is 5.69 Å². The average molecular weight is 301 g/mol. The van der Waals surface area contributed by atoms with Crippen molar-refractivity contribution in [3.8, 4) is 11.5 Å². The first-order valence-corrected chi connectivity index (χ1v) is 6.62. The summed E-state index contributed by atoms with van der Waals surface area (Å²) in [7, 11) is 1.27. The summed E-state index contributed by atoms with van der Waals surface area (Å²) in [6.07, 6.45) is 0. The van der Waals surface area contributed by atoms with Gasteiger partial charge in [0.2, 0.25) is 5.75 Å². The summed E-state index contributed by atoms with van der Waals surface area (Å²) < 4.78 is 10.4. The molecule has 0 radical (unpaired) electrons. The van der Waals surface area contributed by atoms with Crippen LogP contribution in [0.25, 0.3) is 0 Å². The number of methoxy groups -OCH3 is 1. The van der Waals surface area contributed by atoms with Crippen molar-refractivity contribution in [3.63, 3.8) is 0 Å². The lowest BCUT2D eigenvalue weighted by Gasteiger charge is -2.15. The number of hydrogen-bond acceptors (Lipinski definition) is 5. The van der Waals surface area contributed by atoms with Crippen LogP contribution in [-0.4, -0.2) is 18.0 Å². The van der Waals surface area contributed by atoms with Gasteiger partial charge in [0.15, 0.2) is 0 Å². The van der Waals surface area contributed by atoms with Crippen LogP contribution < -0.4 is 4.74 Å². The van der Waals surface area contributed by atoms with Crippen molar-refractivity contribution in [1.82, 2.24) is 0 Å². The number of carbonyl (C=O) groups is 1. The first kappa shape index (κ1) is 15.5. The predicted octanol–water partition coefficient (Wildman–Crippen LogP) is 3.66. The zero-order valence-corrected chi connectivity index (χ0v) is 12.2. The molecule has 0 spiro atoms. The van der Waals surface area contributed by atoms with Crippen molar-refractivity contribution in [2.45, 2.75) is 12.8 Å². The molecule has 114 valence electrons. The largest absolute Gasteiger partial charge is 0.469 e. The van der Waals surface area contributed by atoms with Gasteiger partial charge in [0.05, 0.1) is 18.0 Å². The molecule has 0 saturated heterocycles. The fraction of sp³-hybridized carbons (Fsp3) is 0.188. The van der Waals surface area contributed by atoms with Gasteiger partial charge in [0.25, 0.3) is 0 Å². The Morgan fingerprint density at radius 2 is 1.82 bits per heavy atom. The first-order valence-electron chi connectivity index (χ1n) is 6.62. The number of carbonyl (C=O) groups excluding carboxylic acids is 1. The average Bonchev–Trinajstić information content (AvgIpc) is 2.54. The van der Waals surface area contributed by atoms with Crippen LogP contribution in [0.1, 0.15) is 18.4 Å². The van der Waals surface area contributed by atoms with E-state index >= 15 is 0 Å². The quantitative estimate of drug-likeness (QED) is 0.478. The molecular weight excluding hydrogens is 286 g/mol. The van der Waals surface area contributed by atoms with Crippen molar-refractivity contribution >= 4 is 11.7 Å². The number of benzene rings is 2. The Kier molecular flexibility index (Phi) is 4.73. The molecule has 0 aliphatic heterocycles. The fourth-order valence-corrected chi connectivity index (χ4v) is 2.05. The SMILES string of the molecule is COC(=O)C(C)c1cccc([N+](=O)[O-])c1Oc1ccccc1. The lowest BCUT2D eigenvalue weighted by atomic mass is 9.99. The molecule has 0 amide bonds. The Hall–Kier alpha value is -2.89. The van der Waals surface area contributed by atoms with Gasteiger partial charge in [0, 0.05) is 11.6 Å². The lowest BCUT2D eigenvalue weighted by Crippen LogP contribution is -2.12. The zero-order valence-electron chi connectivity index (χ0n) is 12.2. The highest BCUT2D eigenvalue weighted by molar-refractivity contribution is 5.79. The smallest absolute Gasteiger partial charge is 0.312 e. The second-order valence-electron chi connectivity index (χ2n) is 4.61. The van der Waals surface area contributed by atoms with Gasteiger partial charge >= 0.3 is 11.7 Å². The van der Waals surface area contributed by atoms with Crippen molar-refractivity contribution in [3.05, 3.63) is 64.2 Å². The Labute approximate surface area is 127 Å². The minimum absolute atomic E-state index is 0.0524. The minimum Gasteiger partial charge on any atom is -0.469 e. The summed E-state index contributed by atoms with van der Waals surface area (Å²) in [5.41, 5.74) is 0.210. The van der Waals surface area contributed by atoms with Gasteiger partial charge in [-0.1, -0.05) is 30.3 Å². The Balaban J connectivity index is 2.52. The number of rotatable bonds is 5. The lowest BCUT2D eigenvalue weighted by molar-refractivity contribution is -0.385. The highest BCUT2D eigenvalue weighted by Gasteiger charge is 2.26. The van der Waals surface area contributed by atoms with Gasteiger partial charge < -0.3 is 9.47 Å². The normalized spacial score (nSPS) is 11.5. The topological polar surface area (TPSA) is 78.7 Å². The number of nitrogens with zero attached hydrogens (tertiary/aromatic N) is 1. The van der Waals surface area contributed by atoms with Crippen LogP contribution in [-0.2, 0) is 9.53 Å². The van der Waals surface area contributed by atoms with Crippen LogP contribution in [0, 0.1) is 10.1 Å². The van der Waals surface area contributed by atoms with E-state index in [1.54, 1.807) is 37.3 Å². The molecule has 1 unspecified atom stereocenters. The molecule has 2 aromatic carbocycles. The predicted molar refractivity (Wildman–Crippen MR) is 80.0 cm³/mol. The van der Waals surface area contributed by atoms with Crippen molar-refractivity contribution in [2.75, 3.05) is 7.11 Å². The third-order valence-corrected chi connectivity index (χ3v) is 3.21. The standard InChI is InChI=1S/C16H15NO5/c1-11(16(18)21-2)13-9-6-10-14(17(19)20)15(13)22-12-7-4-3-5-8-12/h3-11H,1-2H3. The van der Waals surface area contributed by atoms with Crippen LogP contribution in [0.3, 0.4) is 0 Å². The Morgan fingerprint density at radius 3 is 2.41 bits per heavy atom. The van der Waals surface area contributed by atoms with Gasteiger partial charge in [0.1, 0.15) is 5.75 Å². The molecule has 0 fully saturated rings. The molecular formula is C16H15NO5. The maximum Gasteiger partial charge on any atom is 0.312 e. The Bertz CT molecular complexity index is 684. The van der Waals surface area contributed by atoms with E-state index in [9.17, 15) is 14.9 Å². The van der Waals surface area contributed by atoms with Gasteiger partial charge in [-0.05, 0) is 19.1 Å². The molecule has 0 saturated carbocycles. The summed E-state index contributed by atoms with van der Waals surface area (Å²) in [6.45, 7) is 1.61. The van der Waals surface area contributed by atoms with Crippen LogP contribution in [0.15, 0.2) is 48.5 Å². The molecule has 1 atom stereocenters. The number of ether oxygens (including phenoxy) is 2. The number of nitro benzene ring substituents is 1. The summed E-state index contributed by atoms with van der Waals surface area (Å²) in [4.78, 5) is 22.5. The third-order valence-electron chi connectivity index (χ3n) is 3.21. The highest BCUT2D eigenvalue weighted by Crippen LogP contribution is 2.38. The van der Waals surface area contributed by atoms with Crippen molar-refractivity contribution in [1.29, 1.82) is 0 Å². The van der Waals surface area contributed by atoms with E-state index < -0.39 is 16.8 Å². The number of hydrogen-bond donors (Lipinski definition) is 0. The molecule has 6 nitrogen and oxygen atoms in total. The third kappa shape index (κ3) is 3.22. The maximum absolute atomic E-state index is 11.8. The number of para-hydroxylation sites is 2. The van der Waals surface area contributed by atoms with Gasteiger partial charge in [-0.25, -0.2) is 0 Å². The molecule has 0 aliphatic carbocycles. The Morgan fingerprint density at radius 1 is 1.14 bits per heavy atom. The van der Waals surface area contributed by atoms with Crippen molar-refractivity contribution in [2.24, 2.45) is 0 Å². The minimum atomic E-state index is -0.677. The van der Waals surface area contributed by atoms with Crippen LogP contribution in [0.2, 0.25) is 0 Å². The number of nitro groups is 1. The molecule has 22 heavy (non-hydrogen) atoms. The monoisotopic (exact) mass is 301 g/mol. The van der Waals surface area contributed by atoms with E-state index in [1.165, 1.54) is 19.2 Å². The zero-order chi connectivity index (χ0) is 16.1. The fourth-order valence-electron chi connectivity index (χ4n) is 2.05. The van der Waals surface area contributed by atoms with Crippen LogP contribution >= 0.6 is 0 Å². The summed E-state index contributed by atoms with van der Waals surface area (Å²) in [6, 6.07) is 13.2. The molecule has 0 heterocycles. The molecule has 2 rings (SSSR count). The molecule has 0 N–H and O–H groups in total. The summed E-state index contributed by atoms with van der Waals surface area (Å²) >= 11 is 0. The van der Waals surface area contributed by atoms with Gasteiger partial charge in [-0.15, -0.1) is 0 Å². The number of esters is 1. The molecule has 2 aromatic rings. The first-order chi connectivity index (χ1) is 10.5. The second kappa shape index (κ2) is 6.71. The second-order valence-corrected chi connectivity index (χ2v) is 4.61. The summed E-state index contributed by atoms with van der Waals surface area (Å²) in [5, 5.41) is 11.2.